The van der Waals surface area contributed by atoms with Crippen molar-refractivity contribution in [1.82, 2.24) is 5.32 Å². The Kier molecular flexibility index (Phi) is 5.02. The lowest BCUT2D eigenvalue weighted by molar-refractivity contribution is 0.857. The van der Waals surface area contributed by atoms with Crippen molar-refractivity contribution in [2.24, 2.45) is 0 Å². The highest BCUT2D eigenvalue weighted by Gasteiger charge is 1.93. The van der Waals surface area contributed by atoms with Gasteiger partial charge in [-0.05, 0) is 38.4 Å². The van der Waals surface area contributed by atoms with Gasteiger partial charge in [0, 0.05) is 0 Å². The highest BCUT2D eigenvalue weighted by Crippen LogP contribution is 2.08. The molecule has 2 rings (SSSR count). The minimum Gasteiger partial charge on any atom is -0.317 e. The Labute approximate surface area is 86.8 Å². The molecule has 1 heteroatoms. The van der Waals surface area contributed by atoms with Crippen LogP contribution in [0, 0.1) is 0 Å². The van der Waals surface area contributed by atoms with Crippen LogP contribution in [0.2, 0.25) is 0 Å². The van der Waals surface area contributed by atoms with E-state index in [4.69, 9.17) is 0 Å². The predicted molar refractivity (Wildman–Crippen MR) is 63.3 cm³/mol. The maximum absolute atomic E-state index is 3.83. The monoisotopic (exact) mass is 189 g/mol. The van der Waals surface area contributed by atoms with Gasteiger partial charge in [-0.1, -0.05) is 42.5 Å². The molecule has 76 valence electrons. The maximum Gasteiger partial charge on any atom is -0.00484 e. The summed E-state index contributed by atoms with van der Waals surface area (Å²) in [6.07, 6.45) is 2.78. The van der Waals surface area contributed by atoms with Gasteiger partial charge in [0.1, 0.15) is 0 Å². The van der Waals surface area contributed by atoms with Crippen molar-refractivity contribution in [1.29, 1.82) is 0 Å². The summed E-state index contributed by atoms with van der Waals surface area (Å²) in [6, 6.07) is 10.2. The molecule has 1 aliphatic rings. The van der Waals surface area contributed by atoms with E-state index in [-0.39, 0.29) is 0 Å². The summed E-state index contributed by atoms with van der Waals surface area (Å²) in [5, 5.41) is 3.22. The standard InChI is InChI=1S/C9H10.C4H9N/c1-8(2)9-6-4-3-5-7-9;1-2-4-5-3-1/h3-7H,1H2,2H3;5H,1-4H2. The van der Waals surface area contributed by atoms with Crippen LogP contribution in [0.25, 0.3) is 5.57 Å². The van der Waals surface area contributed by atoms with E-state index in [1.54, 1.807) is 0 Å². The number of hydrogen-bond donors (Lipinski definition) is 1. The van der Waals surface area contributed by atoms with E-state index in [1.807, 2.05) is 25.1 Å². The van der Waals surface area contributed by atoms with Crippen LogP contribution in [0.15, 0.2) is 36.9 Å². The molecule has 0 spiro atoms. The van der Waals surface area contributed by atoms with Gasteiger partial charge in [0.2, 0.25) is 0 Å². The van der Waals surface area contributed by atoms with E-state index in [1.165, 1.54) is 31.5 Å². The minimum absolute atomic E-state index is 1.12. The highest BCUT2D eigenvalue weighted by atomic mass is 14.9. The Hall–Kier alpha value is -1.08. The molecular formula is C13H19N. The van der Waals surface area contributed by atoms with Gasteiger partial charge in [0.15, 0.2) is 0 Å². The van der Waals surface area contributed by atoms with Crippen molar-refractivity contribution >= 4 is 5.57 Å². The second kappa shape index (κ2) is 6.39. The molecule has 0 radical (unpaired) electrons. The lowest BCUT2D eigenvalue weighted by Crippen LogP contribution is -2.03. The molecule has 1 aromatic rings. The smallest absolute Gasteiger partial charge is 0.00484 e. The van der Waals surface area contributed by atoms with Crippen LogP contribution >= 0.6 is 0 Å². The summed E-state index contributed by atoms with van der Waals surface area (Å²) in [5.74, 6) is 0. The van der Waals surface area contributed by atoms with E-state index in [0.717, 1.165) is 5.57 Å². The first-order valence-corrected chi connectivity index (χ1v) is 5.22. The fourth-order valence-corrected chi connectivity index (χ4v) is 1.35. The summed E-state index contributed by atoms with van der Waals surface area (Å²) in [7, 11) is 0. The molecule has 0 unspecified atom stereocenters. The zero-order chi connectivity index (χ0) is 10.2. The minimum atomic E-state index is 1.12. The van der Waals surface area contributed by atoms with E-state index < -0.39 is 0 Å². The zero-order valence-electron chi connectivity index (χ0n) is 8.92. The number of nitrogens with one attached hydrogen (secondary N) is 1. The molecule has 1 N–H and O–H groups in total. The topological polar surface area (TPSA) is 12.0 Å². The van der Waals surface area contributed by atoms with Gasteiger partial charge >= 0.3 is 0 Å². The first-order valence-electron chi connectivity index (χ1n) is 5.22. The lowest BCUT2D eigenvalue weighted by atomic mass is 10.1. The Bertz CT molecular complexity index is 252. The summed E-state index contributed by atoms with van der Waals surface area (Å²) >= 11 is 0. The average molecular weight is 189 g/mol. The van der Waals surface area contributed by atoms with Crippen molar-refractivity contribution in [3.8, 4) is 0 Å². The fourth-order valence-electron chi connectivity index (χ4n) is 1.35. The van der Waals surface area contributed by atoms with Crippen molar-refractivity contribution in [3.05, 3.63) is 42.5 Å². The first-order chi connectivity index (χ1) is 6.80. The summed E-state index contributed by atoms with van der Waals surface area (Å²) < 4.78 is 0. The Balaban J connectivity index is 0.000000165. The molecule has 0 aromatic heterocycles. The normalized spacial score (nSPS) is 14.4. The Morgan fingerprint density at radius 1 is 1.14 bits per heavy atom. The van der Waals surface area contributed by atoms with E-state index >= 15 is 0 Å². The maximum atomic E-state index is 3.83. The third-order valence-electron chi connectivity index (χ3n) is 2.22. The predicted octanol–water partition coefficient (Wildman–Crippen LogP) is 3.09. The van der Waals surface area contributed by atoms with Gasteiger partial charge in [0.05, 0.1) is 0 Å². The van der Waals surface area contributed by atoms with Crippen LogP contribution in [0.1, 0.15) is 25.3 Å². The van der Waals surface area contributed by atoms with Crippen molar-refractivity contribution in [2.75, 3.05) is 13.1 Å². The third-order valence-corrected chi connectivity index (χ3v) is 2.22. The fraction of sp³-hybridized carbons (Fsp3) is 0.385. The number of rotatable bonds is 1. The van der Waals surface area contributed by atoms with E-state index in [2.05, 4.69) is 24.0 Å². The van der Waals surface area contributed by atoms with E-state index in [0.29, 0.717) is 0 Å². The zero-order valence-corrected chi connectivity index (χ0v) is 8.92. The van der Waals surface area contributed by atoms with Crippen molar-refractivity contribution < 1.29 is 0 Å². The van der Waals surface area contributed by atoms with Gasteiger partial charge in [-0.25, -0.2) is 0 Å². The molecule has 14 heavy (non-hydrogen) atoms. The molecule has 1 saturated heterocycles. The van der Waals surface area contributed by atoms with Gasteiger partial charge in [-0.3, -0.25) is 0 Å². The van der Waals surface area contributed by atoms with Crippen molar-refractivity contribution in [2.45, 2.75) is 19.8 Å². The summed E-state index contributed by atoms with van der Waals surface area (Å²) in [4.78, 5) is 0. The average Bonchev–Trinajstić information content (AvgIpc) is 2.77. The Morgan fingerprint density at radius 2 is 1.71 bits per heavy atom. The Morgan fingerprint density at radius 3 is 2.00 bits per heavy atom. The quantitative estimate of drug-likeness (QED) is 0.716. The van der Waals surface area contributed by atoms with E-state index in [9.17, 15) is 0 Å². The lowest BCUT2D eigenvalue weighted by Gasteiger charge is -1.94. The van der Waals surface area contributed by atoms with Crippen molar-refractivity contribution in [3.63, 3.8) is 0 Å². The van der Waals surface area contributed by atoms with Gasteiger partial charge in [0.25, 0.3) is 0 Å². The second-order valence-corrected chi connectivity index (χ2v) is 3.60. The van der Waals surface area contributed by atoms with Gasteiger partial charge < -0.3 is 5.32 Å². The number of allylic oxidation sites excluding steroid dienone is 1. The molecule has 0 saturated carbocycles. The SMILES string of the molecule is C1CCNC1.C=C(C)c1ccccc1. The van der Waals surface area contributed by atoms with Crippen LogP contribution in [-0.2, 0) is 0 Å². The number of hydrogen-bond acceptors (Lipinski definition) is 1. The highest BCUT2D eigenvalue weighted by molar-refractivity contribution is 5.60. The molecular weight excluding hydrogens is 170 g/mol. The largest absolute Gasteiger partial charge is 0.317 e. The molecule has 0 amide bonds. The third kappa shape index (κ3) is 4.24. The molecule has 0 bridgehead atoms. The number of benzene rings is 1. The summed E-state index contributed by atoms with van der Waals surface area (Å²) in [6.45, 7) is 8.33. The first kappa shape index (κ1) is 11.0. The van der Waals surface area contributed by atoms with Crippen LogP contribution in [0.3, 0.4) is 0 Å². The molecule has 1 fully saturated rings. The molecule has 1 aliphatic heterocycles. The molecule has 0 aliphatic carbocycles. The van der Waals surface area contributed by atoms with Crippen LogP contribution in [-0.4, -0.2) is 13.1 Å². The summed E-state index contributed by atoms with van der Waals surface area (Å²) in [5.41, 5.74) is 2.34. The molecule has 0 atom stereocenters. The van der Waals surface area contributed by atoms with Gasteiger partial charge in [-0.2, -0.15) is 0 Å². The second-order valence-electron chi connectivity index (χ2n) is 3.60. The van der Waals surface area contributed by atoms with Crippen LogP contribution in [0.5, 0.6) is 0 Å². The van der Waals surface area contributed by atoms with Gasteiger partial charge in [-0.15, -0.1) is 0 Å². The van der Waals surface area contributed by atoms with Crippen LogP contribution in [0.4, 0.5) is 0 Å². The molecule has 1 heterocycles. The molecule has 1 aromatic carbocycles. The van der Waals surface area contributed by atoms with Crippen LogP contribution < -0.4 is 5.32 Å². The molecule has 1 nitrogen and oxygen atoms in total.